The molecule has 2 aliphatic heterocycles. The summed E-state index contributed by atoms with van der Waals surface area (Å²) in [5, 5.41) is 23.2. The van der Waals surface area contributed by atoms with E-state index in [1.165, 1.54) is 18.0 Å². The molecule has 3 rings (SSSR count). The van der Waals surface area contributed by atoms with Gasteiger partial charge in [-0.25, -0.2) is 0 Å². The number of pyridine rings is 1. The van der Waals surface area contributed by atoms with Gasteiger partial charge in [0.2, 0.25) is 41.4 Å². The molecule has 0 radical (unpaired) electrons. The normalized spacial score (nSPS) is 25.9. The van der Waals surface area contributed by atoms with Gasteiger partial charge in [0, 0.05) is 24.8 Å². The smallest absolute Gasteiger partial charge is 0.246 e. The average Bonchev–Trinajstić information content (AvgIpc) is 3.53. The molecule has 18 heteroatoms. The molecular weight excluding hydrogens is 658 g/mol. The van der Waals surface area contributed by atoms with Crippen LogP contribution < -0.4 is 38.1 Å². The van der Waals surface area contributed by atoms with Crippen molar-refractivity contribution in [2.45, 2.75) is 89.6 Å². The Bertz CT molecular complexity index is 1470. The van der Waals surface area contributed by atoms with Gasteiger partial charge in [0.25, 0.3) is 0 Å². The first kappa shape index (κ1) is 38.9. The molecule has 2 aliphatic rings. The van der Waals surface area contributed by atoms with Crippen LogP contribution in [-0.4, -0.2) is 105 Å². The Morgan fingerprint density at radius 3 is 2.14 bits per heavy atom. The number of hydrogen-bond acceptors (Lipinski definition) is 11. The van der Waals surface area contributed by atoms with Gasteiger partial charge in [0.05, 0.1) is 12.3 Å². The monoisotopic (exact) mass is 703 g/mol. The summed E-state index contributed by atoms with van der Waals surface area (Å²) >= 11 is 1.28. The summed E-state index contributed by atoms with van der Waals surface area (Å²) in [5.41, 5.74) is 11.8. The number of aliphatic imine (C=N–C) groups is 1. The number of nitrogens with two attached hydrogens (primary N) is 2. The van der Waals surface area contributed by atoms with Gasteiger partial charge in [-0.1, -0.05) is 27.7 Å². The molecule has 1 aromatic heterocycles. The molecule has 7 amide bonds. The molecule has 6 atom stereocenters. The number of nitrogens with one attached hydrogen (secondary N) is 5. The van der Waals surface area contributed by atoms with Crippen LogP contribution in [0.4, 0.5) is 0 Å². The van der Waals surface area contributed by atoms with Gasteiger partial charge in [0.15, 0.2) is 0 Å². The maximum Gasteiger partial charge on any atom is 0.246 e. The summed E-state index contributed by atoms with van der Waals surface area (Å²) in [6.45, 7) is 6.23. The highest BCUT2D eigenvalue weighted by Gasteiger charge is 2.35. The second-order valence-electron chi connectivity index (χ2n) is 12.7. The van der Waals surface area contributed by atoms with Crippen molar-refractivity contribution in [2.75, 3.05) is 12.4 Å². The van der Waals surface area contributed by atoms with Crippen molar-refractivity contribution >= 4 is 58.2 Å². The summed E-state index contributed by atoms with van der Waals surface area (Å²) in [7, 11) is 0. The predicted molar refractivity (Wildman–Crippen MR) is 179 cm³/mol. The first-order valence-corrected chi connectivity index (χ1v) is 16.9. The van der Waals surface area contributed by atoms with Crippen molar-refractivity contribution in [3.63, 3.8) is 0 Å². The van der Waals surface area contributed by atoms with Crippen molar-refractivity contribution in [3.8, 4) is 0 Å². The van der Waals surface area contributed by atoms with E-state index in [-0.39, 0.29) is 43.3 Å². The number of thioether (sulfide) groups is 1. The first-order valence-electron chi connectivity index (χ1n) is 16.0. The summed E-state index contributed by atoms with van der Waals surface area (Å²) < 4.78 is 0. The van der Waals surface area contributed by atoms with Crippen LogP contribution in [0, 0.1) is 11.8 Å². The SMILES string of the molecule is CC(C)C[C@@H]1NC(=O)[C@H](C(C)C)NC(=O)[C@@H]2CSC(=N2)c2cc(ccn2)C[C@@H](C(N)=O)NC(=O)[C@H](CO)NC(=O)[C@H](CCC(N)=O)NC1=O. The number of hydrogen-bond donors (Lipinski definition) is 8. The fourth-order valence-electron chi connectivity index (χ4n) is 5.14. The minimum absolute atomic E-state index is 0.0791. The number of nitrogens with zero attached hydrogens (tertiary/aromatic N) is 2. The molecule has 0 aliphatic carbocycles. The lowest BCUT2D eigenvalue weighted by molar-refractivity contribution is -0.136. The minimum atomic E-state index is -1.57. The Balaban J connectivity index is 2.05. The zero-order valence-corrected chi connectivity index (χ0v) is 28.7. The molecule has 1 aromatic rings. The van der Waals surface area contributed by atoms with Crippen LogP contribution in [0.25, 0.3) is 0 Å². The highest BCUT2D eigenvalue weighted by Crippen LogP contribution is 2.24. The van der Waals surface area contributed by atoms with Crippen LogP contribution in [0.5, 0.6) is 0 Å². The van der Waals surface area contributed by atoms with Gasteiger partial charge in [-0.05, 0) is 42.4 Å². The molecule has 17 nitrogen and oxygen atoms in total. The van der Waals surface area contributed by atoms with Crippen molar-refractivity contribution in [3.05, 3.63) is 29.6 Å². The molecule has 4 bridgehead atoms. The van der Waals surface area contributed by atoms with Gasteiger partial charge in [-0.3, -0.25) is 43.5 Å². The third kappa shape index (κ3) is 11.2. The van der Waals surface area contributed by atoms with Gasteiger partial charge < -0.3 is 43.2 Å². The van der Waals surface area contributed by atoms with E-state index in [0.29, 0.717) is 16.3 Å². The van der Waals surface area contributed by atoms with E-state index in [9.17, 15) is 38.7 Å². The molecule has 0 spiro atoms. The standard InChI is InChI=1S/C31H45N9O8S/c1-14(2)9-19-27(45)35-17(5-6-23(32)42)26(44)38-21(12-41)28(46)36-18(25(33)43)10-16-7-8-34-20(11-16)31-39-22(13-49-31)29(47)40-24(15(3)4)30(48)37-19/h7-8,11,14-15,17-19,21-22,24,41H,5-6,9-10,12-13H2,1-4H3,(H2,32,42)(H2,33,43)(H,35,45)(H,36,46)(H,37,48)(H,38,44)(H,40,47)/t17-,18-,19-,21-,22-,24-/m0/s1. The molecule has 0 unspecified atom stereocenters. The Kier molecular flexibility index (Phi) is 14.0. The summed E-state index contributed by atoms with van der Waals surface area (Å²) in [6, 6.07) is -4.06. The van der Waals surface area contributed by atoms with Gasteiger partial charge >= 0.3 is 0 Å². The van der Waals surface area contributed by atoms with Crippen LogP contribution in [0.1, 0.15) is 58.2 Å². The highest BCUT2D eigenvalue weighted by atomic mass is 32.2. The molecule has 0 fully saturated rings. The predicted octanol–water partition coefficient (Wildman–Crippen LogP) is -2.63. The van der Waals surface area contributed by atoms with E-state index >= 15 is 0 Å². The second kappa shape index (κ2) is 17.7. The molecule has 268 valence electrons. The largest absolute Gasteiger partial charge is 0.394 e. The molecule has 0 aromatic carbocycles. The Hall–Kier alpha value is -4.58. The first-order chi connectivity index (χ1) is 23.1. The Morgan fingerprint density at radius 2 is 1.53 bits per heavy atom. The lowest BCUT2D eigenvalue weighted by atomic mass is 9.99. The van der Waals surface area contributed by atoms with Crippen LogP contribution in [0.2, 0.25) is 0 Å². The van der Waals surface area contributed by atoms with E-state index < -0.39 is 84.2 Å². The average molecular weight is 704 g/mol. The van der Waals surface area contributed by atoms with Crippen LogP contribution >= 0.6 is 11.8 Å². The lowest BCUT2D eigenvalue weighted by Gasteiger charge is -2.28. The number of aliphatic hydroxyl groups is 1. The number of carbonyl (C=O) groups is 7. The fraction of sp³-hybridized carbons (Fsp3) is 0.581. The van der Waals surface area contributed by atoms with E-state index in [0.717, 1.165) is 0 Å². The van der Waals surface area contributed by atoms with Crippen LogP contribution in [0.3, 0.4) is 0 Å². The van der Waals surface area contributed by atoms with Crippen molar-refractivity contribution in [2.24, 2.45) is 28.3 Å². The molecule has 0 saturated carbocycles. The lowest BCUT2D eigenvalue weighted by Crippen LogP contribution is -2.60. The number of primary amides is 2. The van der Waals surface area contributed by atoms with Gasteiger partial charge in [-0.2, -0.15) is 0 Å². The quantitative estimate of drug-likeness (QED) is 0.139. The molecule has 0 saturated heterocycles. The maximum atomic E-state index is 13.6. The van der Waals surface area contributed by atoms with Crippen LogP contribution in [-0.2, 0) is 40.0 Å². The maximum absolute atomic E-state index is 13.6. The number of rotatable bonds is 8. The van der Waals surface area contributed by atoms with E-state index in [4.69, 9.17) is 11.5 Å². The minimum Gasteiger partial charge on any atom is -0.394 e. The summed E-state index contributed by atoms with van der Waals surface area (Å²) in [5.74, 6) is -5.64. The Morgan fingerprint density at radius 1 is 0.898 bits per heavy atom. The third-order valence-electron chi connectivity index (χ3n) is 7.81. The summed E-state index contributed by atoms with van der Waals surface area (Å²) in [4.78, 5) is 99.9. The molecule has 3 heterocycles. The highest BCUT2D eigenvalue weighted by molar-refractivity contribution is 8.14. The van der Waals surface area contributed by atoms with Gasteiger partial charge in [0.1, 0.15) is 41.3 Å². The Labute approximate surface area is 288 Å². The third-order valence-corrected chi connectivity index (χ3v) is 8.88. The molecular formula is C31H45N9O8S. The molecule has 49 heavy (non-hydrogen) atoms. The van der Waals surface area contributed by atoms with Crippen molar-refractivity contribution in [1.29, 1.82) is 0 Å². The number of carbonyl (C=O) groups excluding carboxylic acids is 7. The summed E-state index contributed by atoms with van der Waals surface area (Å²) in [6.07, 6.45) is 0.956. The van der Waals surface area contributed by atoms with Gasteiger partial charge in [-0.15, -0.1) is 11.8 Å². The van der Waals surface area contributed by atoms with Crippen molar-refractivity contribution in [1.82, 2.24) is 31.6 Å². The van der Waals surface area contributed by atoms with Crippen molar-refractivity contribution < 1.29 is 38.7 Å². The number of fused-ring (bicyclic) bond motifs is 4. The topological polar surface area (TPSA) is 277 Å². The molecule has 10 N–H and O–H groups in total. The van der Waals surface area contributed by atoms with E-state index in [2.05, 4.69) is 36.6 Å². The zero-order valence-electron chi connectivity index (χ0n) is 27.9. The number of amides is 7. The second-order valence-corrected chi connectivity index (χ2v) is 13.7. The van der Waals surface area contributed by atoms with E-state index in [1.54, 1.807) is 26.0 Å². The van der Waals surface area contributed by atoms with Crippen LogP contribution in [0.15, 0.2) is 23.3 Å². The zero-order chi connectivity index (χ0) is 36.4. The fourth-order valence-corrected chi connectivity index (χ4v) is 6.14. The number of aliphatic hydroxyl groups excluding tert-OH is 1. The van der Waals surface area contributed by atoms with E-state index in [1.807, 2.05) is 13.8 Å². The number of aromatic nitrogens is 1.